The number of ether oxygens (including phenoxy) is 1. The lowest BCUT2D eigenvalue weighted by Gasteiger charge is -2.26. The third kappa shape index (κ3) is 4.12. The first-order valence-corrected chi connectivity index (χ1v) is 6.42. The number of nitrogens with zero attached hydrogens (tertiary/aromatic N) is 3. The van der Waals surface area contributed by atoms with Crippen molar-refractivity contribution in [1.29, 1.82) is 0 Å². The monoisotopic (exact) mass is 251 g/mol. The molecule has 1 aromatic heterocycles. The van der Waals surface area contributed by atoms with Gasteiger partial charge in [-0.2, -0.15) is 0 Å². The maximum atomic E-state index is 5.32. The summed E-state index contributed by atoms with van der Waals surface area (Å²) in [6, 6.07) is 1.91. The van der Waals surface area contributed by atoms with Crippen molar-refractivity contribution in [3.05, 3.63) is 12.4 Å². The van der Waals surface area contributed by atoms with Crippen molar-refractivity contribution < 1.29 is 4.74 Å². The summed E-state index contributed by atoms with van der Waals surface area (Å²) in [7, 11) is 1.85. The molecule has 1 saturated heterocycles. The second kappa shape index (κ2) is 7.13. The molecule has 1 fully saturated rings. The molecule has 0 atom stereocenters. The predicted octanol–water partition coefficient (Wildman–Crippen LogP) is 0.652. The number of anilines is 2. The normalized spacial score (nSPS) is 16.5. The van der Waals surface area contributed by atoms with Gasteiger partial charge in [0.25, 0.3) is 0 Å². The van der Waals surface area contributed by atoms with Gasteiger partial charge >= 0.3 is 0 Å². The van der Waals surface area contributed by atoms with Crippen LogP contribution in [0.25, 0.3) is 0 Å². The summed E-state index contributed by atoms with van der Waals surface area (Å²) in [4.78, 5) is 10.7. The number of rotatable bonds is 6. The fraction of sp³-hybridized carbons (Fsp3) is 0.667. The molecule has 0 unspecified atom stereocenters. The van der Waals surface area contributed by atoms with E-state index in [1.165, 1.54) is 0 Å². The quantitative estimate of drug-likeness (QED) is 0.724. The number of nitrogens with one attached hydrogen (secondary N) is 2. The van der Waals surface area contributed by atoms with Crippen LogP contribution in [0.15, 0.2) is 12.4 Å². The maximum Gasteiger partial charge on any atom is 0.131 e. The summed E-state index contributed by atoms with van der Waals surface area (Å²) >= 11 is 0. The molecule has 0 bridgehead atoms. The van der Waals surface area contributed by atoms with Crippen LogP contribution >= 0.6 is 0 Å². The molecular weight excluding hydrogens is 230 g/mol. The molecule has 0 amide bonds. The lowest BCUT2D eigenvalue weighted by atomic mass is 10.3. The van der Waals surface area contributed by atoms with Gasteiger partial charge in [0.05, 0.1) is 13.2 Å². The highest BCUT2D eigenvalue weighted by molar-refractivity contribution is 5.45. The SMILES string of the molecule is CNc1cc(NCCCN2CCOCC2)ncn1. The van der Waals surface area contributed by atoms with E-state index in [2.05, 4.69) is 25.5 Å². The van der Waals surface area contributed by atoms with Crippen LogP contribution in [0.1, 0.15) is 6.42 Å². The van der Waals surface area contributed by atoms with Crippen molar-refractivity contribution in [3.8, 4) is 0 Å². The van der Waals surface area contributed by atoms with Crippen molar-refractivity contribution in [2.75, 3.05) is 57.1 Å². The second-order valence-electron chi connectivity index (χ2n) is 4.27. The predicted molar refractivity (Wildman–Crippen MR) is 71.9 cm³/mol. The van der Waals surface area contributed by atoms with Crippen LogP contribution in [0, 0.1) is 0 Å². The third-order valence-electron chi connectivity index (χ3n) is 2.98. The number of morpholine rings is 1. The van der Waals surface area contributed by atoms with Gasteiger partial charge in [0.1, 0.15) is 18.0 Å². The number of hydrogen-bond donors (Lipinski definition) is 2. The van der Waals surface area contributed by atoms with Crippen LogP contribution in [0.2, 0.25) is 0 Å². The zero-order chi connectivity index (χ0) is 12.6. The minimum atomic E-state index is 0.834. The zero-order valence-corrected chi connectivity index (χ0v) is 10.9. The Balaban J connectivity index is 1.65. The van der Waals surface area contributed by atoms with Crippen LogP contribution in [0.5, 0.6) is 0 Å². The first-order valence-electron chi connectivity index (χ1n) is 6.42. The van der Waals surface area contributed by atoms with Gasteiger partial charge in [-0.1, -0.05) is 0 Å². The average molecular weight is 251 g/mol. The molecular formula is C12H21N5O. The van der Waals surface area contributed by atoms with E-state index in [0.29, 0.717) is 0 Å². The highest BCUT2D eigenvalue weighted by Crippen LogP contribution is 2.07. The molecule has 2 heterocycles. The summed E-state index contributed by atoms with van der Waals surface area (Å²) in [5.41, 5.74) is 0. The van der Waals surface area contributed by atoms with Gasteiger partial charge in [-0.15, -0.1) is 0 Å². The van der Waals surface area contributed by atoms with E-state index in [1.54, 1.807) is 6.33 Å². The fourth-order valence-electron chi connectivity index (χ4n) is 1.93. The smallest absolute Gasteiger partial charge is 0.131 e. The Labute approximate surface area is 108 Å². The summed E-state index contributed by atoms with van der Waals surface area (Å²) in [6.45, 7) is 5.88. The summed E-state index contributed by atoms with van der Waals surface area (Å²) < 4.78 is 5.32. The van der Waals surface area contributed by atoms with Crippen LogP contribution < -0.4 is 10.6 Å². The Morgan fingerprint density at radius 2 is 2.06 bits per heavy atom. The van der Waals surface area contributed by atoms with Gasteiger partial charge in [0.15, 0.2) is 0 Å². The van der Waals surface area contributed by atoms with E-state index in [1.807, 2.05) is 13.1 Å². The maximum absolute atomic E-state index is 5.32. The molecule has 18 heavy (non-hydrogen) atoms. The lowest BCUT2D eigenvalue weighted by Crippen LogP contribution is -2.37. The Hall–Kier alpha value is -1.40. The Kier molecular flexibility index (Phi) is 5.16. The molecule has 1 aromatic rings. The van der Waals surface area contributed by atoms with E-state index >= 15 is 0 Å². The molecule has 0 radical (unpaired) electrons. The molecule has 1 aliphatic heterocycles. The first kappa shape index (κ1) is 13.0. The molecule has 6 nitrogen and oxygen atoms in total. The van der Waals surface area contributed by atoms with Crippen molar-refractivity contribution >= 4 is 11.6 Å². The molecule has 1 aliphatic rings. The zero-order valence-electron chi connectivity index (χ0n) is 10.9. The first-order chi connectivity index (χ1) is 8.88. The highest BCUT2D eigenvalue weighted by atomic mass is 16.5. The minimum Gasteiger partial charge on any atom is -0.379 e. The Morgan fingerprint density at radius 1 is 1.28 bits per heavy atom. The van der Waals surface area contributed by atoms with Gasteiger partial charge < -0.3 is 15.4 Å². The average Bonchev–Trinajstić information content (AvgIpc) is 2.45. The Morgan fingerprint density at radius 3 is 2.83 bits per heavy atom. The van der Waals surface area contributed by atoms with Crippen molar-refractivity contribution in [3.63, 3.8) is 0 Å². The molecule has 2 rings (SSSR count). The third-order valence-corrected chi connectivity index (χ3v) is 2.98. The Bertz CT molecular complexity index is 354. The van der Waals surface area contributed by atoms with Crippen molar-refractivity contribution in [2.24, 2.45) is 0 Å². The van der Waals surface area contributed by atoms with Crippen LogP contribution in [0.3, 0.4) is 0 Å². The van der Waals surface area contributed by atoms with E-state index in [0.717, 1.165) is 57.4 Å². The van der Waals surface area contributed by atoms with E-state index in [-0.39, 0.29) is 0 Å². The molecule has 0 aromatic carbocycles. The summed E-state index contributed by atoms with van der Waals surface area (Å²) in [5.74, 6) is 1.71. The van der Waals surface area contributed by atoms with Gasteiger partial charge in [0, 0.05) is 32.7 Å². The van der Waals surface area contributed by atoms with Gasteiger partial charge in [-0.05, 0) is 13.0 Å². The summed E-state index contributed by atoms with van der Waals surface area (Å²) in [5, 5.41) is 6.31. The van der Waals surface area contributed by atoms with Crippen molar-refractivity contribution in [2.45, 2.75) is 6.42 Å². The van der Waals surface area contributed by atoms with Gasteiger partial charge in [0.2, 0.25) is 0 Å². The molecule has 0 saturated carbocycles. The van der Waals surface area contributed by atoms with Crippen molar-refractivity contribution in [1.82, 2.24) is 14.9 Å². The highest BCUT2D eigenvalue weighted by Gasteiger charge is 2.08. The largest absolute Gasteiger partial charge is 0.379 e. The standard InChI is InChI=1S/C12H21N5O/c1-13-11-9-12(16-10-15-11)14-3-2-4-17-5-7-18-8-6-17/h9-10H,2-8H2,1H3,(H2,13,14,15,16). The second-order valence-corrected chi connectivity index (χ2v) is 4.27. The number of hydrogen-bond acceptors (Lipinski definition) is 6. The lowest BCUT2D eigenvalue weighted by molar-refractivity contribution is 0.0378. The minimum absolute atomic E-state index is 0.834. The fourth-order valence-corrected chi connectivity index (χ4v) is 1.93. The number of aromatic nitrogens is 2. The van der Waals surface area contributed by atoms with E-state index in [4.69, 9.17) is 4.74 Å². The van der Waals surface area contributed by atoms with E-state index in [9.17, 15) is 0 Å². The topological polar surface area (TPSA) is 62.3 Å². The molecule has 2 N–H and O–H groups in total. The van der Waals surface area contributed by atoms with Crippen LogP contribution in [-0.4, -0.2) is 61.3 Å². The van der Waals surface area contributed by atoms with E-state index < -0.39 is 0 Å². The molecule has 0 spiro atoms. The summed E-state index contributed by atoms with van der Waals surface area (Å²) in [6.07, 6.45) is 2.68. The van der Waals surface area contributed by atoms with Crippen LogP contribution in [-0.2, 0) is 4.74 Å². The van der Waals surface area contributed by atoms with Gasteiger partial charge in [-0.25, -0.2) is 9.97 Å². The molecule has 0 aliphatic carbocycles. The molecule has 6 heteroatoms. The van der Waals surface area contributed by atoms with Gasteiger partial charge in [-0.3, -0.25) is 4.90 Å². The van der Waals surface area contributed by atoms with Crippen LogP contribution in [0.4, 0.5) is 11.6 Å². The molecule has 100 valence electrons.